The van der Waals surface area contributed by atoms with E-state index in [0.717, 1.165) is 36.1 Å². The van der Waals surface area contributed by atoms with Gasteiger partial charge in [-0.1, -0.05) is 22.0 Å². The van der Waals surface area contributed by atoms with Crippen LogP contribution in [0.25, 0.3) is 0 Å². The predicted octanol–water partition coefficient (Wildman–Crippen LogP) is 4.44. The Labute approximate surface area is 143 Å². The quantitative estimate of drug-likeness (QED) is 0.855. The molecule has 0 spiro atoms. The number of likely N-dealkylation sites (tertiary alicyclic amines) is 1. The molecule has 2 aromatic rings. The van der Waals surface area contributed by atoms with Gasteiger partial charge in [0.05, 0.1) is 0 Å². The van der Waals surface area contributed by atoms with E-state index in [1.165, 1.54) is 6.07 Å². The van der Waals surface area contributed by atoms with Crippen LogP contribution in [-0.2, 0) is 6.54 Å². The average Bonchev–Trinajstić information content (AvgIpc) is 3.08. The van der Waals surface area contributed by atoms with E-state index in [4.69, 9.17) is 0 Å². The maximum atomic E-state index is 13.8. The highest BCUT2D eigenvalue weighted by molar-refractivity contribution is 9.10. The Bertz CT molecular complexity index is 697. The summed E-state index contributed by atoms with van der Waals surface area (Å²) in [5, 5.41) is 3.18. The molecule has 1 amide bonds. The van der Waals surface area contributed by atoms with Crippen LogP contribution in [0.2, 0.25) is 0 Å². The van der Waals surface area contributed by atoms with Crippen LogP contribution in [0.4, 0.5) is 10.1 Å². The summed E-state index contributed by atoms with van der Waals surface area (Å²) < 4.78 is 14.5. The molecule has 1 aliphatic rings. The van der Waals surface area contributed by atoms with Crippen LogP contribution in [0.1, 0.15) is 28.8 Å². The molecular formula is C18H18BrFN2O. The average molecular weight is 377 g/mol. The van der Waals surface area contributed by atoms with Gasteiger partial charge in [-0.25, -0.2) is 4.39 Å². The Hall–Kier alpha value is -1.88. The molecule has 120 valence electrons. The zero-order valence-electron chi connectivity index (χ0n) is 12.7. The van der Waals surface area contributed by atoms with Crippen molar-refractivity contribution >= 4 is 27.5 Å². The number of nitrogens with zero attached hydrogens (tertiary/aromatic N) is 1. The van der Waals surface area contributed by atoms with Gasteiger partial charge in [-0.3, -0.25) is 4.79 Å². The second kappa shape index (κ2) is 7.13. The molecule has 0 aliphatic carbocycles. The standard InChI is InChI=1S/C18H18BrFN2O/c19-15-6-3-14(17(20)11-15)12-21-16-7-4-13(5-8-16)18(23)22-9-1-2-10-22/h3-8,11,21H,1-2,9-10,12H2. The molecule has 2 aromatic carbocycles. The van der Waals surface area contributed by atoms with Crippen LogP contribution in [-0.4, -0.2) is 23.9 Å². The van der Waals surface area contributed by atoms with Gasteiger partial charge in [0, 0.05) is 40.9 Å². The fraction of sp³-hybridized carbons (Fsp3) is 0.278. The lowest BCUT2D eigenvalue weighted by Crippen LogP contribution is -2.27. The van der Waals surface area contributed by atoms with Crippen LogP contribution >= 0.6 is 15.9 Å². The van der Waals surface area contributed by atoms with E-state index >= 15 is 0 Å². The topological polar surface area (TPSA) is 32.3 Å². The zero-order valence-corrected chi connectivity index (χ0v) is 14.3. The van der Waals surface area contributed by atoms with Gasteiger partial charge in [0.25, 0.3) is 5.91 Å². The van der Waals surface area contributed by atoms with Gasteiger partial charge in [-0.15, -0.1) is 0 Å². The van der Waals surface area contributed by atoms with Gasteiger partial charge < -0.3 is 10.2 Å². The lowest BCUT2D eigenvalue weighted by Gasteiger charge is -2.15. The van der Waals surface area contributed by atoms with Crippen molar-refractivity contribution < 1.29 is 9.18 Å². The number of amides is 1. The number of rotatable bonds is 4. The molecule has 1 heterocycles. The van der Waals surface area contributed by atoms with Gasteiger partial charge >= 0.3 is 0 Å². The Balaban J connectivity index is 1.62. The third kappa shape index (κ3) is 3.91. The number of nitrogens with one attached hydrogen (secondary N) is 1. The lowest BCUT2D eigenvalue weighted by molar-refractivity contribution is 0.0793. The number of hydrogen-bond donors (Lipinski definition) is 1. The van der Waals surface area contributed by atoms with E-state index in [1.807, 2.05) is 35.2 Å². The molecule has 1 saturated heterocycles. The summed E-state index contributed by atoms with van der Waals surface area (Å²) in [4.78, 5) is 14.2. The smallest absolute Gasteiger partial charge is 0.253 e. The first-order valence-corrected chi connectivity index (χ1v) is 8.50. The van der Waals surface area contributed by atoms with Crippen LogP contribution < -0.4 is 5.32 Å². The summed E-state index contributed by atoms with van der Waals surface area (Å²) >= 11 is 3.25. The zero-order chi connectivity index (χ0) is 16.2. The highest BCUT2D eigenvalue weighted by Gasteiger charge is 2.19. The number of halogens is 2. The largest absolute Gasteiger partial charge is 0.381 e. The number of carbonyl (C=O) groups excluding carboxylic acids is 1. The van der Waals surface area contributed by atoms with E-state index in [9.17, 15) is 9.18 Å². The maximum absolute atomic E-state index is 13.8. The molecule has 0 radical (unpaired) electrons. The molecule has 0 bridgehead atoms. The van der Waals surface area contributed by atoms with Gasteiger partial charge in [-0.05, 0) is 49.2 Å². The molecule has 3 rings (SSSR count). The molecule has 1 fully saturated rings. The van der Waals surface area contributed by atoms with Crippen LogP contribution in [0.3, 0.4) is 0 Å². The minimum Gasteiger partial charge on any atom is -0.381 e. The molecule has 5 heteroatoms. The third-order valence-corrected chi connectivity index (χ3v) is 4.52. The van der Waals surface area contributed by atoms with Crippen LogP contribution in [0.5, 0.6) is 0 Å². The highest BCUT2D eigenvalue weighted by Crippen LogP contribution is 2.18. The summed E-state index contributed by atoms with van der Waals surface area (Å²) in [6.07, 6.45) is 2.17. The van der Waals surface area contributed by atoms with E-state index in [0.29, 0.717) is 17.7 Å². The first-order chi connectivity index (χ1) is 11.1. The summed E-state index contributed by atoms with van der Waals surface area (Å²) in [7, 11) is 0. The fourth-order valence-electron chi connectivity index (χ4n) is 2.70. The first kappa shape index (κ1) is 16.0. The van der Waals surface area contributed by atoms with Gasteiger partial charge in [0.2, 0.25) is 0 Å². The van der Waals surface area contributed by atoms with E-state index in [1.54, 1.807) is 6.07 Å². The van der Waals surface area contributed by atoms with Crippen LogP contribution in [0, 0.1) is 5.82 Å². The second-order valence-corrected chi connectivity index (χ2v) is 6.58. The van der Waals surface area contributed by atoms with Crippen LogP contribution in [0.15, 0.2) is 46.9 Å². The Kier molecular flexibility index (Phi) is 4.96. The van der Waals surface area contributed by atoms with Crippen molar-refractivity contribution in [2.24, 2.45) is 0 Å². The SMILES string of the molecule is O=C(c1ccc(NCc2ccc(Br)cc2F)cc1)N1CCCC1. The minimum atomic E-state index is -0.243. The van der Waals surface area contributed by atoms with Gasteiger partial charge in [0.15, 0.2) is 0 Å². The summed E-state index contributed by atoms with van der Waals surface area (Å²) in [5.41, 5.74) is 2.17. The van der Waals surface area contributed by atoms with Crippen molar-refractivity contribution in [3.63, 3.8) is 0 Å². The van der Waals surface area contributed by atoms with Gasteiger partial charge in [-0.2, -0.15) is 0 Å². The highest BCUT2D eigenvalue weighted by atomic mass is 79.9. The summed E-state index contributed by atoms with van der Waals surface area (Å²) in [6.45, 7) is 2.10. The Morgan fingerprint density at radius 3 is 2.48 bits per heavy atom. The molecule has 3 nitrogen and oxygen atoms in total. The van der Waals surface area contributed by atoms with E-state index < -0.39 is 0 Å². The molecule has 0 atom stereocenters. The number of anilines is 1. The van der Waals surface area contributed by atoms with E-state index in [-0.39, 0.29) is 11.7 Å². The molecule has 0 aromatic heterocycles. The molecule has 1 aliphatic heterocycles. The van der Waals surface area contributed by atoms with Crippen molar-refractivity contribution in [2.45, 2.75) is 19.4 Å². The number of carbonyl (C=O) groups is 1. The van der Waals surface area contributed by atoms with Crippen molar-refractivity contribution in [2.75, 3.05) is 18.4 Å². The van der Waals surface area contributed by atoms with Crippen molar-refractivity contribution in [3.8, 4) is 0 Å². The van der Waals surface area contributed by atoms with Crippen molar-refractivity contribution in [1.82, 2.24) is 4.90 Å². The van der Waals surface area contributed by atoms with Gasteiger partial charge in [0.1, 0.15) is 5.82 Å². The third-order valence-electron chi connectivity index (χ3n) is 4.02. The van der Waals surface area contributed by atoms with E-state index in [2.05, 4.69) is 21.2 Å². The van der Waals surface area contributed by atoms with Crippen molar-refractivity contribution in [3.05, 3.63) is 63.9 Å². The molecule has 1 N–H and O–H groups in total. The predicted molar refractivity (Wildman–Crippen MR) is 93.0 cm³/mol. The monoisotopic (exact) mass is 376 g/mol. The first-order valence-electron chi connectivity index (χ1n) is 7.70. The molecular weight excluding hydrogens is 359 g/mol. The maximum Gasteiger partial charge on any atom is 0.253 e. The summed E-state index contributed by atoms with van der Waals surface area (Å²) in [5.74, 6) is -0.152. The minimum absolute atomic E-state index is 0.0907. The molecule has 0 saturated carbocycles. The molecule has 0 unspecified atom stereocenters. The molecule has 23 heavy (non-hydrogen) atoms. The lowest BCUT2D eigenvalue weighted by atomic mass is 10.1. The fourth-order valence-corrected chi connectivity index (χ4v) is 3.03. The number of benzene rings is 2. The Morgan fingerprint density at radius 2 is 1.83 bits per heavy atom. The normalized spacial score (nSPS) is 14.1. The Morgan fingerprint density at radius 1 is 1.13 bits per heavy atom. The second-order valence-electron chi connectivity index (χ2n) is 5.67. The van der Waals surface area contributed by atoms with Crippen molar-refractivity contribution in [1.29, 1.82) is 0 Å². The number of hydrogen-bond acceptors (Lipinski definition) is 2. The summed E-state index contributed by atoms with van der Waals surface area (Å²) in [6, 6.07) is 12.4.